The minimum atomic E-state index is -2.66. The molecule has 0 bridgehead atoms. The van der Waals surface area contributed by atoms with Crippen LogP contribution in [0.5, 0.6) is 0 Å². The van der Waals surface area contributed by atoms with Crippen LogP contribution in [0, 0.1) is 13.8 Å². The van der Waals surface area contributed by atoms with Gasteiger partial charge in [0.1, 0.15) is 0 Å². The molecule has 0 unspecified atom stereocenters. The van der Waals surface area contributed by atoms with Crippen molar-refractivity contribution in [2.45, 2.75) is 76.3 Å². The van der Waals surface area contributed by atoms with Crippen molar-refractivity contribution in [1.29, 1.82) is 0 Å². The van der Waals surface area contributed by atoms with Crippen LogP contribution in [0.3, 0.4) is 0 Å². The molecular weight excluding hydrogens is 655 g/mol. The first kappa shape index (κ1) is 34.6. The van der Waals surface area contributed by atoms with Crippen molar-refractivity contribution in [3.63, 3.8) is 0 Å². The maximum atomic E-state index is 2.65. The number of hydrogen-bond acceptors (Lipinski definition) is 0. The third kappa shape index (κ3) is 6.77. The van der Waals surface area contributed by atoms with Crippen molar-refractivity contribution in [3.05, 3.63) is 148 Å². The summed E-state index contributed by atoms with van der Waals surface area (Å²) in [6, 6.07) is 31.2. The van der Waals surface area contributed by atoms with E-state index in [2.05, 4.69) is 159 Å². The van der Waals surface area contributed by atoms with Gasteiger partial charge in [-0.15, -0.1) is 0 Å². The molecule has 0 radical (unpaired) electrons. The molecule has 0 saturated carbocycles. The average molecular weight is 699 g/mol. The molecule has 6 rings (SSSR count). The molecule has 0 aromatic heterocycles. The minimum Gasteiger partial charge on any atom is -1.00 e. The van der Waals surface area contributed by atoms with Gasteiger partial charge in [-0.25, -0.2) is 0 Å². The van der Waals surface area contributed by atoms with Crippen molar-refractivity contribution < 1.29 is 46.1 Å². The van der Waals surface area contributed by atoms with Gasteiger partial charge in [0.05, 0.1) is 0 Å². The number of halogens is 2. The van der Waals surface area contributed by atoms with E-state index in [1.165, 1.54) is 50.1 Å². The van der Waals surface area contributed by atoms with Crippen molar-refractivity contribution in [3.8, 4) is 11.1 Å². The van der Waals surface area contributed by atoms with Gasteiger partial charge in [0.15, 0.2) is 0 Å². The summed E-state index contributed by atoms with van der Waals surface area (Å²) in [5.74, 6) is 0. The van der Waals surface area contributed by atoms with Gasteiger partial charge in [0.25, 0.3) is 0 Å². The quantitative estimate of drug-likeness (QED) is 0.268. The van der Waals surface area contributed by atoms with Gasteiger partial charge in [0.2, 0.25) is 0 Å². The predicted molar refractivity (Wildman–Crippen MR) is 179 cm³/mol. The van der Waals surface area contributed by atoms with E-state index in [1.54, 1.807) is 12.0 Å². The Morgan fingerprint density at radius 3 is 1.61 bits per heavy atom. The van der Waals surface area contributed by atoms with E-state index in [1.807, 2.05) is 0 Å². The Balaban J connectivity index is 0.00000221. The largest absolute Gasteiger partial charge is 1.00 e. The number of rotatable bonds is 4. The van der Waals surface area contributed by atoms with Crippen LogP contribution in [-0.2, 0) is 38.5 Å². The molecule has 0 nitrogen and oxygen atoms in total. The van der Waals surface area contributed by atoms with Gasteiger partial charge in [-0.1, -0.05) is 0 Å². The number of aryl methyl sites for hydroxylation is 2. The summed E-state index contributed by atoms with van der Waals surface area (Å²) in [5.41, 5.74) is 14.5. The smallest absolute Gasteiger partial charge is 1.00 e. The fraction of sp³-hybridized carbons (Fsp3) is 0.293. The molecule has 0 N–H and O–H groups in total. The number of fused-ring (bicyclic) bond motifs is 3. The fourth-order valence-electron chi connectivity index (χ4n) is 6.44. The van der Waals surface area contributed by atoms with Crippen molar-refractivity contribution >= 4 is 6.48 Å². The third-order valence-corrected chi connectivity index (χ3v) is 16.9. The Labute approximate surface area is 285 Å². The Morgan fingerprint density at radius 2 is 1.11 bits per heavy atom. The summed E-state index contributed by atoms with van der Waals surface area (Å²) >= 11 is -2.66. The van der Waals surface area contributed by atoms with Crippen LogP contribution in [0.1, 0.15) is 86.1 Å². The molecule has 4 aromatic carbocycles. The first-order valence-electron chi connectivity index (χ1n) is 15.4. The van der Waals surface area contributed by atoms with E-state index in [0.717, 1.165) is 6.42 Å². The van der Waals surface area contributed by atoms with E-state index in [9.17, 15) is 0 Å². The molecule has 2 aliphatic rings. The third-order valence-electron chi connectivity index (χ3n) is 9.07. The van der Waals surface area contributed by atoms with E-state index in [0.29, 0.717) is 3.63 Å². The molecule has 0 saturated heterocycles. The summed E-state index contributed by atoms with van der Waals surface area (Å²) in [5, 5.41) is 0. The Kier molecular flexibility index (Phi) is 10.4. The van der Waals surface area contributed by atoms with Gasteiger partial charge in [-0.3, -0.25) is 0 Å². The molecule has 3 heteroatoms. The molecule has 44 heavy (non-hydrogen) atoms. The van der Waals surface area contributed by atoms with Crippen LogP contribution in [0.4, 0.5) is 0 Å². The Bertz CT molecular complexity index is 1700. The molecule has 0 aliphatic heterocycles. The minimum absolute atomic E-state index is 0. The summed E-state index contributed by atoms with van der Waals surface area (Å²) in [6.45, 7) is 18.5. The van der Waals surface area contributed by atoms with Crippen LogP contribution in [-0.4, -0.2) is 3.21 Å². The molecule has 0 heterocycles. The van der Waals surface area contributed by atoms with Gasteiger partial charge < -0.3 is 24.8 Å². The van der Waals surface area contributed by atoms with Gasteiger partial charge >= 0.3 is 263 Å². The molecule has 4 aromatic rings. The second kappa shape index (κ2) is 13.2. The van der Waals surface area contributed by atoms with Crippen molar-refractivity contribution in [2.75, 3.05) is 0 Å². The maximum absolute atomic E-state index is 2.66. The number of hydrogen-bond donors (Lipinski definition) is 0. The molecule has 0 atom stereocenters. The molecule has 0 amide bonds. The predicted octanol–water partition coefficient (Wildman–Crippen LogP) is 3.90. The fourth-order valence-corrected chi connectivity index (χ4v) is 14.8. The van der Waals surface area contributed by atoms with E-state index < -0.39 is 21.3 Å². The second-order valence-electron chi connectivity index (χ2n) is 14.4. The maximum Gasteiger partial charge on any atom is -1.00 e. The summed E-state index contributed by atoms with van der Waals surface area (Å²) in [4.78, 5) is 0. The van der Waals surface area contributed by atoms with E-state index in [4.69, 9.17) is 0 Å². The summed E-state index contributed by atoms with van der Waals surface area (Å²) < 4.78 is 3.77. The van der Waals surface area contributed by atoms with Crippen LogP contribution in [0.2, 0.25) is 3.63 Å². The summed E-state index contributed by atoms with van der Waals surface area (Å²) in [6.07, 6.45) is 10.6. The van der Waals surface area contributed by atoms with Crippen LogP contribution in [0.25, 0.3) is 11.1 Å². The second-order valence-corrected chi connectivity index (χ2v) is 20.6. The van der Waals surface area contributed by atoms with Crippen LogP contribution < -0.4 is 28.1 Å². The molecule has 226 valence electrons. The first-order valence-corrected chi connectivity index (χ1v) is 19.3. The van der Waals surface area contributed by atoms with E-state index >= 15 is 0 Å². The molecular formula is C41H44Cl2Zr. The SMILES string of the molecule is Cc1ccc([C](c2ccc(C)cc2)=[Zr+2]([c]2cc(C(C)(C)C)cc3c2Cc2ccc(C(C)(C)C)cc2-3)[CH]2C=CC=C2)cc1.[Cl-].[Cl-]. The zero-order chi connectivity index (χ0) is 29.8. The topological polar surface area (TPSA) is 0 Å². The number of benzene rings is 4. The van der Waals surface area contributed by atoms with Crippen molar-refractivity contribution in [1.82, 2.24) is 0 Å². The van der Waals surface area contributed by atoms with Crippen LogP contribution in [0.15, 0.2) is 103 Å². The number of allylic oxidation sites excluding steroid dienone is 4. The van der Waals surface area contributed by atoms with Crippen LogP contribution >= 0.6 is 0 Å². The zero-order valence-corrected chi connectivity index (χ0v) is 31.3. The Hall–Kier alpha value is -2.31. The molecule has 0 fully saturated rings. The van der Waals surface area contributed by atoms with Gasteiger partial charge in [-0.2, -0.15) is 0 Å². The summed E-state index contributed by atoms with van der Waals surface area (Å²) in [7, 11) is 0. The monoisotopic (exact) mass is 696 g/mol. The van der Waals surface area contributed by atoms with E-state index in [-0.39, 0.29) is 35.6 Å². The first-order chi connectivity index (χ1) is 19.9. The average Bonchev–Trinajstić information content (AvgIpc) is 3.60. The zero-order valence-electron chi connectivity index (χ0n) is 27.4. The van der Waals surface area contributed by atoms with Gasteiger partial charge in [0, 0.05) is 0 Å². The molecule has 0 spiro atoms. The van der Waals surface area contributed by atoms with Gasteiger partial charge in [-0.05, 0) is 0 Å². The molecule has 2 aliphatic carbocycles. The standard InChI is InChI=1S/C21H25.C15H14.C5H5.2ClH.Zr/c1-20(2,3)16-9-7-14-11-15-8-10-17(21(4,5)6)13-19(15)18(14)12-16;1-12-3-7-14(8-4-12)11-15-9-5-13(2)6-10-15;1-2-4-5-3-1;;;/h7,9-10,12-13H,11H2,1-6H3;3-10H,1-2H3;1-5H;2*1H;/q;;;;;+2/p-2. The van der Waals surface area contributed by atoms with Crippen molar-refractivity contribution in [2.24, 2.45) is 0 Å². The Morgan fingerprint density at radius 1 is 0.614 bits per heavy atom. The normalized spacial score (nSPS) is 13.4.